The fourth-order valence-electron chi connectivity index (χ4n) is 3.25. The third kappa shape index (κ3) is 2.62. The van der Waals surface area contributed by atoms with Crippen LogP contribution < -0.4 is 10.6 Å². The minimum Gasteiger partial charge on any atom is -0.369 e. The first-order chi connectivity index (χ1) is 10.6. The molecule has 0 spiro atoms. The van der Waals surface area contributed by atoms with Crippen LogP contribution in [0.4, 0.5) is 5.69 Å². The Kier molecular flexibility index (Phi) is 3.94. The normalized spacial score (nSPS) is 24.0. The van der Waals surface area contributed by atoms with Gasteiger partial charge in [-0.2, -0.15) is 0 Å². The smallest absolute Gasteiger partial charge is 0.251 e. The van der Waals surface area contributed by atoms with E-state index in [9.17, 15) is 14.4 Å². The van der Waals surface area contributed by atoms with Gasteiger partial charge in [0.1, 0.15) is 0 Å². The molecule has 2 aliphatic heterocycles. The highest BCUT2D eigenvalue weighted by Crippen LogP contribution is 2.28. The van der Waals surface area contributed by atoms with Gasteiger partial charge >= 0.3 is 0 Å². The van der Waals surface area contributed by atoms with E-state index in [1.54, 1.807) is 12.1 Å². The number of hydrogen-bond donors (Lipinski definition) is 1. The van der Waals surface area contributed by atoms with E-state index >= 15 is 0 Å². The van der Waals surface area contributed by atoms with Crippen molar-refractivity contribution in [3.63, 3.8) is 0 Å². The molecule has 0 unspecified atom stereocenters. The average molecular weight is 301 g/mol. The lowest BCUT2D eigenvalue weighted by Crippen LogP contribution is -2.47. The Labute approximate surface area is 128 Å². The number of amides is 3. The van der Waals surface area contributed by atoms with Crippen LogP contribution in [0.3, 0.4) is 0 Å². The molecule has 0 bridgehead atoms. The first-order valence-electron chi connectivity index (χ1n) is 7.53. The van der Waals surface area contributed by atoms with Crippen molar-refractivity contribution in [2.75, 3.05) is 18.0 Å². The minimum absolute atomic E-state index is 0.117. The molecule has 2 heterocycles. The average Bonchev–Trinajstić information content (AvgIpc) is 2.83. The highest BCUT2D eigenvalue weighted by Gasteiger charge is 2.43. The Balaban J connectivity index is 1.71. The van der Waals surface area contributed by atoms with E-state index in [-0.39, 0.29) is 30.1 Å². The summed E-state index contributed by atoms with van der Waals surface area (Å²) in [4.78, 5) is 39.3. The molecule has 2 N–H and O–H groups in total. The van der Waals surface area contributed by atoms with Crippen LogP contribution in [0.2, 0.25) is 0 Å². The van der Waals surface area contributed by atoms with E-state index in [1.165, 1.54) is 4.90 Å². The topological polar surface area (TPSA) is 83.7 Å². The van der Waals surface area contributed by atoms with Gasteiger partial charge in [0.05, 0.1) is 18.2 Å². The number of nitrogens with zero attached hydrogens (tertiary/aromatic N) is 2. The maximum Gasteiger partial charge on any atom is 0.251 e. The zero-order chi connectivity index (χ0) is 15.7. The molecule has 6 nitrogen and oxygen atoms in total. The van der Waals surface area contributed by atoms with Crippen LogP contribution in [0.5, 0.6) is 0 Å². The predicted octanol–water partition coefficient (Wildman–Crippen LogP) is 0.516. The zero-order valence-electron chi connectivity index (χ0n) is 12.3. The zero-order valence-corrected chi connectivity index (χ0v) is 12.3. The van der Waals surface area contributed by atoms with Crippen molar-refractivity contribution in [3.05, 3.63) is 30.3 Å². The van der Waals surface area contributed by atoms with Crippen molar-refractivity contribution in [2.45, 2.75) is 25.3 Å². The molecule has 2 saturated heterocycles. The summed E-state index contributed by atoms with van der Waals surface area (Å²) in [6.07, 6.45) is 1.51. The molecule has 3 amide bonds. The highest BCUT2D eigenvalue weighted by molar-refractivity contribution is 6.22. The van der Waals surface area contributed by atoms with Gasteiger partial charge in [0.25, 0.3) is 5.91 Å². The van der Waals surface area contributed by atoms with Gasteiger partial charge in [-0.1, -0.05) is 18.2 Å². The van der Waals surface area contributed by atoms with Crippen LogP contribution >= 0.6 is 0 Å². The summed E-state index contributed by atoms with van der Waals surface area (Å²) in [5.41, 5.74) is 5.94. The second-order valence-corrected chi connectivity index (χ2v) is 5.84. The number of hydrogen-bond acceptors (Lipinski definition) is 4. The van der Waals surface area contributed by atoms with Gasteiger partial charge in [-0.15, -0.1) is 0 Å². The summed E-state index contributed by atoms with van der Waals surface area (Å²) >= 11 is 0. The van der Waals surface area contributed by atoms with Gasteiger partial charge in [-0.05, 0) is 38.1 Å². The van der Waals surface area contributed by atoms with Crippen molar-refractivity contribution in [2.24, 2.45) is 11.7 Å². The fraction of sp³-hybridized carbons (Fsp3) is 0.438. The first-order valence-corrected chi connectivity index (χ1v) is 7.53. The van der Waals surface area contributed by atoms with Gasteiger partial charge in [-0.3, -0.25) is 19.3 Å². The number of rotatable bonds is 3. The van der Waals surface area contributed by atoms with Gasteiger partial charge in [0, 0.05) is 5.92 Å². The molecule has 22 heavy (non-hydrogen) atoms. The van der Waals surface area contributed by atoms with E-state index in [4.69, 9.17) is 5.73 Å². The summed E-state index contributed by atoms with van der Waals surface area (Å²) in [6, 6.07) is 8.57. The Bertz CT molecular complexity index is 594. The molecule has 3 rings (SSSR count). The molecule has 6 heteroatoms. The molecular weight excluding hydrogens is 282 g/mol. The monoisotopic (exact) mass is 301 g/mol. The molecule has 1 atom stereocenters. The predicted molar refractivity (Wildman–Crippen MR) is 80.8 cm³/mol. The number of primary amides is 1. The number of anilines is 1. The van der Waals surface area contributed by atoms with E-state index in [0.29, 0.717) is 31.6 Å². The summed E-state index contributed by atoms with van der Waals surface area (Å²) in [7, 11) is 0. The molecule has 2 aliphatic rings. The quantitative estimate of drug-likeness (QED) is 0.825. The Morgan fingerprint density at radius 1 is 1.09 bits per heavy atom. The van der Waals surface area contributed by atoms with E-state index in [1.807, 2.05) is 23.1 Å². The molecule has 116 valence electrons. The summed E-state index contributed by atoms with van der Waals surface area (Å²) in [6.45, 7) is 1.25. The number of para-hydroxylation sites is 1. The SMILES string of the molecule is NC(=O)C1CCN([C@H]2CC(=O)N(c3ccccc3)C2=O)CC1. The minimum atomic E-state index is -0.415. The van der Waals surface area contributed by atoms with Crippen molar-refractivity contribution in [1.29, 1.82) is 0 Å². The Morgan fingerprint density at radius 3 is 2.32 bits per heavy atom. The van der Waals surface area contributed by atoms with Gasteiger partial charge in [0.2, 0.25) is 11.8 Å². The number of carbonyl (C=O) groups is 3. The maximum absolute atomic E-state index is 12.6. The third-order valence-corrected chi connectivity index (χ3v) is 4.51. The van der Waals surface area contributed by atoms with Crippen molar-refractivity contribution >= 4 is 23.4 Å². The fourth-order valence-corrected chi connectivity index (χ4v) is 3.25. The van der Waals surface area contributed by atoms with Crippen LogP contribution in [-0.4, -0.2) is 41.8 Å². The number of nitrogens with two attached hydrogens (primary N) is 1. The molecule has 0 aliphatic carbocycles. The first kappa shape index (κ1) is 14.7. The van der Waals surface area contributed by atoms with Gasteiger partial charge in [0.15, 0.2) is 0 Å². The lowest BCUT2D eigenvalue weighted by molar-refractivity contribution is -0.124. The van der Waals surface area contributed by atoms with Crippen molar-refractivity contribution < 1.29 is 14.4 Å². The summed E-state index contributed by atoms with van der Waals surface area (Å²) in [5, 5.41) is 0. The van der Waals surface area contributed by atoms with E-state index < -0.39 is 6.04 Å². The molecule has 1 aromatic carbocycles. The van der Waals surface area contributed by atoms with Crippen molar-refractivity contribution in [3.8, 4) is 0 Å². The molecule has 1 aromatic rings. The van der Waals surface area contributed by atoms with Crippen molar-refractivity contribution in [1.82, 2.24) is 4.90 Å². The summed E-state index contributed by atoms with van der Waals surface area (Å²) in [5.74, 6) is -0.736. The number of likely N-dealkylation sites (tertiary alicyclic amines) is 1. The van der Waals surface area contributed by atoms with Crippen LogP contribution in [0.25, 0.3) is 0 Å². The standard InChI is InChI=1S/C16H19N3O3/c17-15(21)11-6-8-18(9-7-11)13-10-14(20)19(16(13)22)12-4-2-1-3-5-12/h1-5,11,13H,6-10H2,(H2,17,21)/t13-/m0/s1. The van der Waals surface area contributed by atoms with E-state index in [0.717, 1.165) is 0 Å². The van der Waals surface area contributed by atoms with E-state index in [2.05, 4.69) is 0 Å². The number of carbonyl (C=O) groups excluding carboxylic acids is 3. The third-order valence-electron chi connectivity index (χ3n) is 4.51. The number of imide groups is 1. The Hall–Kier alpha value is -2.21. The molecule has 2 fully saturated rings. The molecule has 0 radical (unpaired) electrons. The Morgan fingerprint density at radius 2 is 1.73 bits per heavy atom. The van der Waals surface area contributed by atoms with Crippen LogP contribution in [0.15, 0.2) is 30.3 Å². The number of piperidine rings is 1. The van der Waals surface area contributed by atoms with Gasteiger partial charge in [-0.25, -0.2) is 4.90 Å². The van der Waals surface area contributed by atoms with Gasteiger partial charge < -0.3 is 5.73 Å². The van der Waals surface area contributed by atoms with Crippen LogP contribution in [-0.2, 0) is 14.4 Å². The van der Waals surface area contributed by atoms with Crippen LogP contribution in [0, 0.1) is 5.92 Å². The summed E-state index contributed by atoms with van der Waals surface area (Å²) < 4.78 is 0. The second-order valence-electron chi connectivity index (χ2n) is 5.84. The van der Waals surface area contributed by atoms with Crippen LogP contribution in [0.1, 0.15) is 19.3 Å². The number of benzene rings is 1. The lowest BCUT2D eigenvalue weighted by Gasteiger charge is -2.33. The molecule has 0 aromatic heterocycles. The maximum atomic E-state index is 12.6. The second kappa shape index (κ2) is 5.88. The highest BCUT2D eigenvalue weighted by atomic mass is 16.2. The molecular formula is C16H19N3O3. The molecule has 0 saturated carbocycles. The lowest BCUT2D eigenvalue weighted by atomic mass is 9.95. The largest absolute Gasteiger partial charge is 0.369 e.